The van der Waals surface area contributed by atoms with Crippen LogP contribution in [0.4, 0.5) is 0 Å². The Morgan fingerprint density at radius 3 is 2.75 bits per heavy atom. The molecule has 1 aromatic carbocycles. The van der Waals surface area contributed by atoms with Crippen LogP contribution in [-0.4, -0.2) is 34.8 Å². The maximum atomic E-state index is 12.5. The molecular formula is C18H25ClN4O. The van der Waals surface area contributed by atoms with Crippen molar-refractivity contribution in [1.29, 1.82) is 0 Å². The van der Waals surface area contributed by atoms with E-state index in [9.17, 15) is 4.79 Å². The molecule has 0 radical (unpaired) electrons. The van der Waals surface area contributed by atoms with E-state index < -0.39 is 0 Å². The van der Waals surface area contributed by atoms with Crippen LogP contribution in [0.3, 0.4) is 0 Å². The van der Waals surface area contributed by atoms with E-state index in [0.29, 0.717) is 12.2 Å². The molecule has 0 saturated carbocycles. The molecule has 24 heavy (non-hydrogen) atoms. The Morgan fingerprint density at radius 1 is 1.29 bits per heavy atom. The molecule has 1 heterocycles. The average molecular weight is 349 g/mol. The number of aromatic nitrogens is 2. The molecule has 2 N–H and O–H groups in total. The fourth-order valence-electron chi connectivity index (χ4n) is 3.15. The Morgan fingerprint density at radius 2 is 2.04 bits per heavy atom. The molecule has 1 aliphatic carbocycles. The van der Waals surface area contributed by atoms with E-state index in [1.807, 2.05) is 35.0 Å². The second-order valence-electron chi connectivity index (χ2n) is 6.04. The van der Waals surface area contributed by atoms with E-state index in [0.717, 1.165) is 37.1 Å². The molecule has 0 spiro atoms. The summed E-state index contributed by atoms with van der Waals surface area (Å²) in [5.74, 6) is -0.0671. The first kappa shape index (κ1) is 18.5. The number of carbonyl (C=O) groups excluding carboxylic acids is 1. The van der Waals surface area contributed by atoms with Gasteiger partial charge < -0.3 is 10.6 Å². The Labute approximate surface area is 149 Å². The van der Waals surface area contributed by atoms with Gasteiger partial charge in [0, 0.05) is 23.8 Å². The Balaban J connectivity index is 0.00000208. The lowest BCUT2D eigenvalue weighted by Gasteiger charge is -2.12. The SMILES string of the molecule is CCN[C@H](C)CNC(=O)c1nn(-c2ccccc2)c2c1CCC2.Cl. The molecule has 3 rings (SSSR count). The van der Waals surface area contributed by atoms with Crippen molar-refractivity contribution >= 4 is 18.3 Å². The molecule has 1 aliphatic rings. The maximum absolute atomic E-state index is 12.5. The van der Waals surface area contributed by atoms with Crippen molar-refractivity contribution in [3.63, 3.8) is 0 Å². The molecule has 1 atom stereocenters. The fraction of sp³-hybridized carbons (Fsp3) is 0.444. The van der Waals surface area contributed by atoms with Gasteiger partial charge in [-0.15, -0.1) is 12.4 Å². The first-order chi connectivity index (χ1) is 11.2. The summed E-state index contributed by atoms with van der Waals surface area (Å²) in [6.07, 6.45) is 3.01. The molecule has 130 valence electrons. The smallest absolute Gasteiger partial charge is 0.272 e. The van der Waals surface area contributed by atoms with E-state index >= 15 is 0 Å². The quantitative estimate of drug-likeness (QED) is 0.843. The average Bonchev–Trinajstić information content (AvgIpc) is 3.16. The van der Waals surface area contributed by atoms with Crippen LogP contribution in [0.25, 0.3) is 5.69 Å². The zero-order valence-corrected chi connectivity index (χ0v) is 15.0. The number of fused-ring (bicyclic) bond motifs is 1. The van der Waals surface area contributed by atoms with Gasteiger partial charge in [0.15, 0.2) is 5.69 Å². The third-order valence-electron chi connectivity index (χ3n) is 4.27. The monoisotopic (exact) mass is 348 g/mol. The van der Waals surface area contributed by atoms with Gasteiger partial charge in [-0.1, -0.05) is 25.1 Å². The van der Waals surface area contributed by atoms with Crippen LogP contribution in [0.15, 0.2) is 30.3 Å². The molecule has 5 nitrogen and oxygen atoms in total. The number of rotatable bonds is 6. The van der Waals surface area contributed by atoms with Crippen LogP contribution < -0.4 is 10.6 Å². The molecule has 0 bridgehead atoms. The number of hydrogen-bond acceptors (Lipinski definition) is 3. The molecule has 6 heteroatoms. The molecular weight excluding hydrogens is 324 g/mol. The predicted octanol–water partition coefficient (Wildman–Crippen LogP) is 2.51. The lowest BCUT2D eigenvalue weighted by molar-refractivity contribution is 0.0944. The fourth-order valence-corrected chi connectivity index (χ4v) is 3.15. The highest BCUT2D eigenvalue weighted by molar-refractivity contribution is 5.94. The molecule has 2 aromatic rings. The highest BCUT2D eigenvalue weighted by Crippen LogP contribution is 2.27. The number of nitrogens with one attached hydrogen (secondary N) is 2. The summed E-state index contributed by atoms with van der Waals surface area (Å²) in [5.41, 5.74) is 3.90. The van der Waals surface area contributed by atoms with Crippen LogP contribution in [0.2, 0.25) is 0 Å². The second-order valence-corrected chi connectivity index (χ2v) is 6.04. The van der Waals surface area contributed by atoms with Gasteiger partial charge in [0.05, 0.1) is 5.69 Å². The largest absolute Gasteiger partial charge is 0.349 e. The van der Waals surface area contributed by atoms with E-state index in [1.54, 1.807) is 0 Å². The van der Waals surface area contributed by atoms with Crippen LogP contribution in [0.1, 0.15) is 42.0 Å². The van der Waals surface area contributed by atoms with Gasteiger partial charge in [-0.05, 0) is 44.9 Å². The normalized spacial score (nSPS) is 13.9. The maximum Gasteiger partial charge on any atom is 0.272 e. The lowest BCUT2D eigenvalue weighted by Crippen LogP contribution is -2.39. The number of hydrogen-bond donors (Lipinski definition) is 2. The van der Waals surface area contributed by atoms with Crippen LogP contribution in [-0.2, 0) is 12.8 Å². The zero-order chi connectivity index (χ0) is 16.2. The summed E-state index contributed by atoms with van der Waals surface area (Å²) in [4.78, 5) is 12.5. The van der Waals surface area contributed by atoms with Gasteiger partial charge in [-0.25, -0.2) is 4.68 Å². The molecule has 1 aromatic heterocycles. The number of amides is 1. The zero-order valence-electron chi connectivity index (χ0n) is 14.2. The van der Waals surface area contributed by atoms with Gasteiger partial charge in [0.2, 0.25) is 0 Å². The Bertz CT molecular complexity index is 684. The topological polar surface area (TPSA) is 58.9 Å². The van der Waals surface area contributed by atoms with E-state index in [1.165, 1.54) is 5.69 Å². The van der Waals surface area contributed by atoms with Crippen molar-refractivity contribution in [2.24, 2.45) is 0 Å². The summed E-state index contributed by atoms with van der Waals surface area (Å²) in [7, 11) is 0. The first-order valence-corrected chi connectivity index (χ1v) is 8.38. The van der Waals surface area contributed by atoms with Gasteiger partial charge in [0.1, 0.15) is 0 Å². The number of benzene rings is 1. The summed E-state index contributed by atoms with van der Waals surface area (Å²) in [6.45, 7) is 5.64. The summed E-state index contributed by atoms with van der Waals surface area (Å²) >= 11 is 0. The van der Waals surface area contributed by atoms with Gasteiger partial charge in [-0.2, -0.15) is 5.10 Å². The lowest BCUT2D eigenvalue weighted by atomic mass is 10.2. The minimum atomic E-state index is -0.0671. The first-order valence-electron chi connectivity index (χ1n) is 8.38. The number of nitrogens with zero attached hydrogens (tertiary/aromatic N) is 2. The van der Waals surface area contributed by atoms with Crippen molar-refractivity contribution in [3.8, 4) is 5.69 Å². The van der Waals surface area contributed by atoms with Crippen LogP contribution in [0, 0.1) is 0 Å². The third-order valence-corrected chi connectivity index (χ3v) is 4.27. The van der Waals surface area contributed by atoms with Gasteiger partial charge in [0.25, 0.3) is 5.91 Å². The van der Waals surface area contributed by atoms with Crippen molar-refractivity contribution in [2.75, 3.05) is 13.1 Å². The summed E-state index contributed by atoms with van der Waals surface area (Å²) in [6, 6.07) is 10.3. The number of para-hydroxylation sites is 1. The van der Waals surface area contributed by atoms with Gasteiger partial charge >= 0.3 is 0 Å². The standard InChI is InChI=1S/C18H24N4O.ClH/c1-3-19-13(2)12-20-18(23)17-15-10-7-11-16(15)22(21-17)14-8-5-4-6-9-14;/h4-6,8-9,13,19H,3,7,10-12H2,1-2H3,(H,20,23);1H/t13-;/m1./s1. The molecule has 1 amide bonds. The Hall–Kier alpha value is -1.85. The summed E-state index contributed by atoms with van der Waals surface area (Å²) in [5, 5.41) is 10.9. The minimum Gasteiger partial charge on any atom is -0.349 e. The molecule has 0 unspecified atom stereocenters. The van der Waals surface area contributed by atoms with Crippen molar-refractivity contribution in [3.05, 3.63) is 47.3 Å². The van der Waals surface area contributed by atoms with E-state index in [4.69, 9.17) is 0 Å². The molecule has 0 aliphatic heterocycles. The third kappa shape index (κ3) is 3.79. The van der Waals surface area contributed by atoms with Crippen molar-refractivity contribution in [1.82, 2.24) is 20.4 Å². The number of likely N-dealkylation sites (N-methyl/N-ethyl adjacent to an activating group) is 1. The van der Waals surface area contributed by atoms with Gasteiger partial charge in [-0.3, -0.25) is 4.79 Å². The minimum absolute atomic E-state index is 0. The molecule has 0 fully saturated rings. The van der Waals surface area contributed by atoms with E-state index in [2.05, 4.69) is 29.6 Å². The number of halogens is 1. The second kappa shape index (κ2) is 8.31. The van der Waals surface area contributed by atoms with Crippen LogP contribution in [0.5, 0.6) is 0 Å². The molecule has 0 saturated heterocycles. The highest BCUT2D eigenvalue weighted by Gasteiger charge is 2.26. The summed E-state index contributed by atoms with van der Waals surface area (Å²) < 4.78 is 1.94. The van der Waals surface area contributed by atoms with Crippen molar-refractivity contribution < 1.29 is 4.79 Å². The van der Waals surface area contributed by atoms with E-state index in [-0.39, 0.29) is 24.4 Å². The van der Waals surface area contributed by atoms with Crippen LogP contribution >= 0.6 is 12.4 Å². The highest BCUT2D eigenvalue weighted by atomic mass is 35.5. The van der Waals surface area contributed by atoms with Crippen molar-refractivity contribution in [2.45, 2.75) is 39.2 Å². The number of carbonyl (C=O) groups is 1. The Kier molecular flexibility index (Phi) is 6.40. The predicted molar refractivity (Wildman–Crippen MR) is 98.3 cm³/mol.